The van der Waals surface area contributed by atoms with Crippen molar-refractivity contribution in [2.75, 3.05) is 20.2 Å². The molecule has 1 atom stereocenters. The summed E-state index contributed by atoms with van der Waals surface area (Å²) in [5.74, 6) is -0.324. The van der Waals surface area contributed by atoms with Gasteiger partial charge in [-0.25, -0.2) is 4.79 Å². The zero-order valence-electron chi connectivity index (χ0n) is 15.2. The summed E-state index contributed by atoms with van der Waals surface area (Å²) < 4.78 is 5.15. The molecule has 2 heterocycles. The lowest BCUT2D eigenvalue weighted by Crippen LogP contribution is -2.60. The first-order chi connectivity index (χ1) is 12.5. The number of carbonyl (C=O) groups is 2. The van der Waals surface area contributed by atoms with Crippen molar-refractivity contribution in [2.24, 2.45) is 0 Å². The molecule has 6 heteroatoms. The molecule has 0 radical (unpaired) electrons. The number of carboxylic acids is 1. The lowest BCUT2D eigenvalue weighted by molar-refractivity contribution is -0.148. The minimum Gasteiger partial charge on any atom is -0.496 e. The van der Waals surface area contributed by atoms with Crippen molar-refractivity contribution in [1.82, 2.24) is 9.80 Å². The average molecular weight is 358 g/mol. The lowest BCUT2D eigenvalue weighted by Gasteiger charge is -2.45. The van der Waals surface area contributed by atoms with Crippen molar-refractivity contribution in [3.05, 3.63) is 29.3 Å². The van der Waals surface area contributed by atoms with Gasteiger partial charge in [0.1, 0.15) is 16.9 Å². The van der Waals surface area contributed by atoms with E-state index in [9.17, 15) is 14.7 Å². The van der Waals surface area contributed by atoms with Crippen LogP contribution in [-0.2, 0) is 11.3 Å². The fraction of sp³-hybridized carbons (Fsp3) is 0.600. The van der Waals surface area contributed by atoms with Crippen molar-refractivity contribution < 1.29 is 19.4 Å². The highest BCUT2D eigenvalue weighted by molar-refractivity contribution is 5.91. The third kappa shape index (κ3) is 2.86. The number of carboxylic acid groups (broad SMARTS) is 1. The van der Waals surface area contributed by atoms with Crippen molar-refractivity contribution in [3.8, 4) is 5.75 Å². The Labute approximate surface area is 153 Å². The molecule has 26 heavy (non-hydrogen) atoms. The van der Waals surface area contributed by atoms with Crippen molar-refractivity contribution in [1.29, 1.82) is 0 Å². The van der Waals surface area contributed by atoms with Crippen LogP contribution in [0.25, 0.3) is 0 Å². The maximum atomic E-state index is 13.3. The van der Waals surface area contributed by atoms with Gasteiger partial charge in [-0.05, 0) is 62.8 Å². The largest absolute Gasteiger partial charge is 0.496 e. The molecule has 4 rings (SSSR count). The third-order valence-electron chi connectivity index (χ3n) is 6.13. The van der Waals surface area contributed by atoms with Crippen LogP contribution in [0.5, 0.6) is 5.75 Å². The number of hydrogen-bond acceptors (Lipinski definition) is 4. The van der Waals surface area contributed by atoms with Crippen molar-refractivity contribution >= 4 is 11.9 Å². The first kappa shape index (κ1) is 17.3. The van der Waals surface area contributed by atoms with E-state index in [1.54, 1.807) is 12.1 Å². The molecule has 1 aromatic carbocycles. The monoisotopic (exact) mass is 358 g/mol. The number of likely N-dealkylation sites (tertiary alicyclic amines) is 2. The van der Waals surface area contributed by atoms with Crippen LogP contribution in [0.3, 0.4) is 0 Å². The molecule has 2 aliphatic heterocycles. The Bertz CT molecular complexity index is 731. The summed E-state index contributed by atoms with van der Waals surface area (Å²) in [6.45, 7) is 2.39. The SMILES string of the molecule is COc1ccc(CN2CCCC23CCCN(C2CC2)C3=O)cc1C(=O)O. The standard InChI is InChI=1S/C20H26N2O4/c1-26-17-7-4-14(12-16(17)18(23)24)13-21-10-2-8-20(21)9-3-11-22(19(20)25)15-5-6-15/h4,7,12,15H,2-3,5-6,8-11,13H2,1H3,(H,23,24). The molecule has 3 fully saturated rings. The topological polar surface area (TPSA) is 70.1 Å². The Morgan fingerprint density at radius 3 is 2.65 bits per heavy atom. The van der Waals surface area contributed by atoms with E-state index in [-0.39, 0.29) is 11.1 Å². The predicted molar refractivity (Wildman–Crippen MR) is 96.3 cm³/mol. The van der Waals surface area contributed by atoms with Gasteiger partial charge >= 0.3 is 5.97 Å². The molecule has 1 spiro atoms. The first-order valence-electron chi connectivity index (χ1n) is 9.51. The van der Waals surface area contributed by atoms with Crippen LogP contribution in [0.1, 0.15) is 54.4 Å². The second kappa shape index (κ2) is 6.58. The molecule has 1 saturated carbocycles. The number of methoxy groups -OCH3 is 1. The van der Waals surface area contributed by atoms with Crippen LogP contribution in [-0.4, -0.2) is 58.6 Å². The zero-order valence-corrected chi connectivity index (χ0v) is 15.2. The Morgan fingerprint density at radius 1 is 1.27 bits per heavy atom. The fourth-order valence-corrected chi connectivity index (χ4v) is 4.68. The number of ether oxygens (including phenoxy) is 1. The lowest BCUT2D eigenvalue weighted by atomic mass is 9.85. The molecular formula is C20H26N2O4. The molecule has 1 amide bonds. The van der Waals surface area contributed by atoms with Gasteiger partial charge in [0.15, 0.2) is 0 Å². The van der Waals surface area contributed by atoms with E-state index in [1.807, 2.05) is 6.07 Å². The summed E-state index contributed by atoms with van der Waals surface area (Å²) in [5, 5.41) is 9.41. The molecular weight excluding hydrogens is 332 g/mol. The minimum absolute atomic E-state index is 0.174. The zero-order chi connectivity index (χ0) is 18.3. The summed E-state index contributed by atoms with van der Waals surface area (Å²) in [5.41, 5.74) is 0.707. The van der Waals surface area contributed by atoms with Crippen LogP contribution in [0.2, 0.25) is 0 Å². The number of aromatic carboxylic acids is 1. The van der Waals surface area contributed by atoms with E-state index in [4.69, 9.17) is 4.74 Å². The number of nitrogens with zero attached hydrogens (tertiary/aromatic N) is 2. The van der Waals surface area contributed by atoms with E-state index in [2.05, 4.69) is 9.80 Å². The molecule has 1 aromatic rings. The predicted octanol–water partition coefficient (Wildman–Crippen LogP) is 2.51. The number of amides is 1. The van der Waals surface area contributed by atoms with Crippen LogP contribution < -0.4 is 4.74 Å². The molecule has 6 nitrogen and oxygen atoms in total. The van der Waals surface area contributed by atoms with Crippen LogP contribution in [0, 0.1) is 0 Å². The van der Waals surface area contributed by atoms with Gasteiger partial charge in [-0.2, -0.15) is 0 Å². The normalized spacial score (nSPS) is 26.5. The first-order valence-corrected chi connectivity index (χ1v) is 9.51. The van der Waals surface area contributed by atoms with E-state index < -0.39 is 5.97 Å². The Morgan fingerprint density at radius 2 is 2.00 bits per heavy atom. The number of carbonyl (C=O) groups excluding carboxylic acids is 1. The molecule has 0 aromatic heterocycles. The smallest absolute Gasteiger partial charge is 0.339 e. The number of piperidine rings is 1. The van der Waals surface area contributed by atoms with Gasteiger partial charge < -0.3 is 14.7 Å². The van der Waals surface area contributed by atoms with Gasteiger partial charge in [-0.1, -0.05) is 6.07 Å². The van der Waals surface area contributed by atoms with Crippen LogP contribution >= 0.6 is 0 Å². The highest BCUT2D eigenvalue weighted by Gasteiger charge is 2.52. The quantitative estimate of drug-likeness (QED) is 0.876. The Balaban J connectivity index is 1.58. The maximum Gasteiger partial charge on any atom is 0.339 e. The molecule has 0 bridgehead atoms. The summed E-state index contributed by atoms with van der Waals surface area (Å²) in [7, 11) is 1.48. The second-order valence-electron chi connectivity index (χ2n) is 7.73. The number of hydrogen-bond donors (Lipinski definition) is 1. The van der Waals surface area contributed by atoms with Gasteiger partial charge in [0.05, 0.1) is 7.11 Å². The number of rotatable bonds is 5. The number of benzene rings is 1. The van der Waals surface area contributed by atoms with Crippen LogP contribution in [0.15, 0.2) is 18.2 Å². The molecule has 1 N–H and O–H groups in total. The van der Waals surface area contributed by atoms with Gasteiger partial charge in [0.25, 0.3) is 0 Å². The molecule has 2 saturated heterocycles. The summed E-state index contributed by atoms with van der Waals surface area (Å²) >= 11 is 0. The highest BCUT2D eigenvalue weighted by Crippen LogP contribution is 2.42. The van der Waals surface area contributed by atoms with Gasteiger partial charge in [0.2, 0.25) is 5.91 Å². The Kier molecular flexibility index (Phi) is 4.39. The Hall–Kier alpha value is -2.08. The highest BCUT2D eigenvalue weighted by atomic mass is 16.5. The summed E-state index contributed by atoms with van der Waals surface area (Å²) in [6.07, 6.45) is 6.19. The average Bonchev–Trinajstić information content (AvgIpc) is 3.40. The molecule has 140 valence electrons. The van der Waals surface area contributed by atoms with E-state index in [1.165, 1.54) is 7.11 Å². The minimum atomic E-state index is -0.992. The van der Waals surface area contributed by atoms with Crippen molar-refractivity contribution in [3.63, 3.8) is 0 Å². The van der Waals surface area contributed by atoms with Crippen molar-refractivity contribution in [2.45, 2.75) is 56.7 Å². The third-order valence-corrected chi connectivity index (χ3v) is 6.13. The molecule has 1 aliphatic carbocycles. The van der Waals surface area contributed by atoms with Gasteiger partial charge in [-0.15, -0.1) is 0 Å². The fourth-order valence-electron chi connectivity index (χ4n) is 4.68. The summed E-state index contributed by atoms with van der Waals surface area (Å²) in [4.78, 5) is 29.2. The summed E-state index contributed by atoms with van der Waals surface area (Å²) in [6, 6.07) is 5.75. The van der Waals surface area contributed by atoms with Gasteiger partial charge in [-0.3, -0.25) is 9.69 Å². The second-order valence-corrected chi connectivity index (χ2v) is 7.73. The molecule has 1 unspecified atom stereocenters. The van der Waals surface area contributed by atoms with E-state index >= 15 is 0 Å². The van der Waals surface area contributed by atoms with Crippen LogP contribution in [0.4, 0.5) is 0 Å². The molecule has 3 aliphatic rings. The van der Waals surface area contributed by atoms with E-state index in [0.717, 1.165) is 57.2 Å². The maximum absolute atomic E-state index is 13.3. The van der Waals surface area contributed by atoms with E-state index in [0.29, 0.717) is 24.2 Å². The van der Waals surface area contributed by atoms with Gasteiger partial charge in [0, 0.05) is 19.1 Å².